The summed E-state index contributed by atoms with van der Waals surface area (Å²) in [6, 6.07) is 0. The highest BCUT2D eigenvalue weighted by molar-refractivity contribution is 7.99. The zero-order valence-electron chi connectivity index (χ0n) is 9.07. The van der Waals surface area contributed by atoms with Gasteiger partial charge in [-0.25, -0.2) is 9.97 Å². The van der Waals surface area contributed by atoms with Gasteiger partial charge in [0.1, 0.15) is 0 Å². The highest BCUT2D eigenvalue weighted by Gasteiger charge is 2.37. The van der Waals surface area contributed by atoms with E-state index in [9.17, 15) is 5.11 Å². The van der Waals surface area contributed by atoms with Gasteiger partial charge in [0.15, 0.2) is 0 Å². The van der Waals surface area contributed by atoms with E-state index < -0.39 is 0 Å². The first-order chi connectivity index (χ1) is 7.81. The van der Waals surface area contributed by atoms with Crippen molar-refractivity contribution in [3.63, 3.8) is 0 Å². The van der Waals surface area contributed by atoms with Crippen LogP contribution in [-0.2, 0) is 6.42 Å². The number of thioether (sulfide) groups is 1. The topological polar surface area (TPSA) is 58.0 Å². The lowest BCUT2D eigenvalue weighted by molar-refractivity contribution is 0.143. The van der Waals surface area contributed by atoms with Crippen molar-refractivity contribution in [2.24, 2.45) is 0 Å². The summed E-state index contributed by atoms with van der Waals surface area (Å²) in [5.41, 5.74) is 0.995. The minimum atomic E-state index is -0.153. The Balaban J connectivity index is 1.80. The number of nitrogens with one attached hydrogen (secondary N) is 1. The maximum atomic E-state index is 9.37. The molecule has 0 saturated heterocycles. The van der Waals surface area contributed by atoms with E-state index in [1.54, 1.807) is 0 Å². The molecule has 0 aromatic carbocycles. The summed E-state index contributed by atoms with van der Waals surface area (Å²) < 4.78 is 0. The van der Waals surface area contributed by atoms with E-state index in [1.165, 1.54) is 11.3 Å². The Morgan fingerprint density at radius 3 is 3.06 bits per heavy atom. The monoisotopic (exact) mass is 237 g/mol. The van der Waals surface area contributed by atoms with Crippen molar-refractivity contribution in [1.82, 2.24) is 9.97 Å². The van der Waals surface area contributed by atoms with E-state index in [2.05, 4.69) is 15.3 Å². The number of nitrogens with zero attached hydrogens (tertiary/aromatic N) is 2. The molecule has 1 saturated carbocycles. The average molecular weight is 237 g/mol. The van der Waals surface area contributed by atoms with Crippen molar-refractivity contribution in [3.05, 3.63) is 11.9 Å². The Morgan fingerprint density at radius 2 is 2.38 bits per heavy atom. The van der Waals surface area contributed by atoms with Gasteiger partial charge in [0, 0.05) is 23.3 Å². The van der Waals surface area contributed by atoms with Crippen LogP contribution in [-0.4, -0.2) is 33.0 Å². The van der Waals surface area contributed by atoms with Crippen LogP contribution in [0, 0.1) is 0 Å². The van der Waals surface area contributed by atoms with E-state index in [0.29, 0.717) is 5.95 Å². The first-order valence-electron chi connectivity index (χ1n) is 5.69. The molecule has 0 atom stereocenters. The number of aliphatic hydroxyl groups excluding tert-OH is 1. The molecule has 2 heterocycles. The predicted molar refractivity (Wildman–Crippen MR) is 63.8 cm³/mol. The lowest BCUT2D eigenvalue weighted by Crippen LogP contribution is -2.48. The molecule has 1 aliphatic heterocycles. The number of rotatable bonds is 3. The number of aliphatic hydroxyl groups is 1. The van der Waals surface area contributed by atoms with Crippen LogP contribution < -0.4 is 5.32 Å². The average Bonchev–Trinajstić information content (AvgIpc) is 2.70. The quantitative estimate of drug-likeness (QED) is 0.833. The van der Waals surface area contributed by atoms with Gasteiger partial charge in [-0.2, -0.15) is 0 Å². The highest BCUT2D eigenvalue weighted by Crippen LogP contribution is 2.35. The lowest BCUT2D eigenvalue weighted by atomic mass is 9.77. The number of aromatic nitrogens is 2. The van der Waals surface area contributed by atoms with E-state index in [1.807, 2.05) is 18.0 Å². The maximum Gasteiger partial charge on any atom is 0.223 e. The highest BCUT2D eigenvalue weighted by atomic mass is 32.2. The van der Waals surface area contributed by atoms with Crippen LogP contribution in [0.3, 0.4) is 0 Å². The Morgan fingerprint density at radius 1 is 1.50 bits per heavy atom. The summed E-state index contributed by atoms with van der Waals surface area (Å²) in [7, 11) is 0. The standard InChI is InChI=1S/C11H15N3OS/c15-7-11(3-1-4-11)14-10-12-6-9-8(13-10)2-5-16-9/h6,15H,1-5,7H2,(H,12,13,14). The summed E-state index contributed by atoms with van der Waals surface area (Å²) in [4.78, 5) is 10.0. The molecule has 0 unspecified atom stereocenters. The van der Waals surface area contributed by atoms with Crippen molar-refractivity contribution in [2.75, 3.05) is 17.7 Å². The molecular weight excluding hydrogens is 222 g/mol. The van der Waals surface area contributed by atoms with Gasteiger partial charge in [-0.3, -0.25) is 0 Å². The molecule has 0 radical (unpaired) electrons. The molecule has 2 N–H and O–H groups in total. The Kier molecular flexibility index (Phi) is 2.52. The molecule has 2 aliphatic rings. The fraction of sp³-hybridized carbons (Fsp3) is 0.636. The molecule has 3 rings (SSSR count). The number of anilines is 1. The van der Waals surface area contributed by atoms with Gasteiger partial charge in [0.05, 0.1) is 17.8 Å². The van der Waals surface area contributed by atoms with Crippen LogP contribution in [0.2, 0.25) is 0 Å². The van der Waals surface area contributed by atoms with Crippen molar-refractivity contribution in [1.29, 1.82) is 0 Å². The minimum absolute atomic E-state index is 0.153. The van der Waals surface area contributed by atoms with Crippen LogP contribution in [0.1, 0.15) is 25.0 Å². The fourth-order valence-electron chi connectivity index (χ4n) is 2.19. The maximum absolute atomic E-state index is 9.37. The normalized spacial score (nSPS) is 21.3. The van der Waals surface area contributed by atoms with Crippen molar-refractivity contribution >= 4 is 17.7 Å². The van der Waals surface area contributed by atoms with E-state index in [-0.39, 0.29) is 12.1 Å². The van der Waals surface area contributed by atoms with Gasteiger partial charge in [0.2, 0.25) is 5.95 Å². The second kappa shape index (κ2) is 3.89. The molecule has 5 heteroatoms. The van der Waals surface area contributed by atoms with E-state index in [0.717, 1.165) is 30.7 Å². The van der Waals surface area contributed by atoms with E-state index in [4.69, 9.17) is 0 Å². The summed E-state index contributed by atoms with van der Waals surface area (Å²) in [6.07, 6.45) is 6.13. The molecule has 16 heavy (non-hydrogen) atoms. The Hall–Kier alpha value is -0.810. The van der Waals surface area contributed by atoms with Gasteiger partial charge in [0.25, 0.3) is 0 Å². The fourth-order valence-corrected chi connectivity index (χ4v) is 3.14. The first kappa shape index (κ1) is 10.4. The minimum Gasteiger partial charge on any atom is -0.394 e. The van der Waals surface area contributed by atoms with Gasteiger partial charge in [-0.15, -0.1) is 11.8 Å². The molecule has 0 bridgehead atoms. The summed E-state index contributed by atoms with van der Waals surface area (Å²) in [5.74, 6) is 1.79. The summed E-state index contributed by atoms with van der Waals surface area (Å²) in [5, 5.41) is 12.7. The SMILES string of the molecule is OCC1(Nc2ncc3c(n2)CCS3)CCC1. The van der Waals surface area contributed by atoms with Gasteiger partial charge >= 0.3 is 0 Å². The van der Waals surface area contributed by atoms with E-state index >= 15 is 0 Å². The van der Waals surface area contributed by atoms with Crippen LogP contribution in [0.5, 0.6) is 0 Å². The predicted octanol–water partition coefficient (Wildman–Crippen LogP) is 1.45. The third kappa shape index (κ3) is 1.68. The molecule has 1 aromatic heterocycles. The molecular formula is C11H15N3OS. The molecule has 0 spiro atoms. The molecule has 1 fully saturated rings. The number of fused-ring (bicyclic) bond motifs is 1. The third-order valence-corrected chi connectivity index (χ3v) is 4.48. The van der Waals surface area contributed by atoms with Gasteiger partial charge in [-0.05, 0) is 19.3 Å². The van der Waals surface area contributed by atoms with Crippen LogP contribution in [0.4, 0.5) is 5.95 Å². The number of aryl methyl sites for hydroxylation is 1. The molecule has 1 aliphatic carbocycles. The van der Waals surface area contributed by atoms with Crippen LogP contribution in [0.25, 0.3) is 0 Å². The smallest absolute Gasteiger partial charge is 0.223 e. The lowest BCUT2D eigenvalue weighted by Gasteiger charge is -2.40. The third-order valence-electron chi connectivity index (χ3n) is 3.42. The zero-order valence-corrected chi connectivity index (χ0v) is 9.89. The second-order valence-corrected chi connectivity index (χ2v) is 5.66. The van der Waals surface area contributed by atoms with Gasteiger partial charge < -0.3 is 10.4 Å². The first-order valence-corrected chi connectivity index (χ1v) is 6.68. The molecule has 4 nitrogen and oxygen atoms in total. The van der Waals surface area contributed by atoms with Gasteiger partial charge in [-0.1, -0.05) is 0 Å². The number of hydrogen-bond donors (Lipinski definition) is 2. The Labute approximate surface area is 98.9 Å². The van der Waals surface area contributed by atoms with Crippen LogP contribution in [0.15, 0.2) is 11.1 Å². The molecule has 86 valence electrons. The summed E-state index contributed by atoms with van der Waals surface area (Å²) in [6.45, 7) is 0.169. The summed E-state index contributed by atoms with van der Waals surface area (Å²) >= 11 is 1.82. The number of hydrogen-bond acceptors (Lipinski definition) is 5. The molecule has 0 amide bonds. The van der Waals surface area contributed by atoms with Crippen molar-refractivity contribution in [3.8, 4) is 0 Å². The Bertz CT molecular complexity index is 401. The largest absolute Gasteiger partial charge is 0.394 e. The second-order valence-electron chi connectivity index (χ2n) is 4.52. The molecule has 1 aromatic rings. The zero-order chi connectivity index (χ0) is 11.0. The van der Waals surface area contributed by atoms with Crippen molar-refractivity contribution < 1.29 is 5.11 Å². The van der Waals surface area contributed by atoms with Crippen molar-refractivity contribution in [2.45, 2.75) is 36.1 Å². The van der Waals surface area contributed by atoms with Crippen LogP contribution >= 0.6 is 11.8 Å².